The Morgan fingerprint density at radius 1 is 1.00 bits per heavy atom. The van der Waals surface area contributed by atoms with Gasteiger partial charge in [-0.15, -0.1) is 0 Å². The van der Waals surface area contributed by atoms with E-state index < -0.39 is 6.04 Å². The van der Waals surface area contributed by atoms with E-state index in [0.29, 0.717) is 24.6 Å². The van der Waals surface area contributed by atoms with E-state index in [1.54, 1.807) is 35.7 Å². The first-order chi connectivity index (χ1) is 14.4. The van der Waals surface area contributed by atoms with Gasteiger partial charge >= 0.3 is 0 Å². The Morgan fingerprint density at radius 3 is 2.30 bits per heavy atom. The van der Waals surface area contributed by atoms with Crippen LogP contribution in [0, 0.1) is 11.7 Å². The number of carbonyl (C=O) groups is 2. The summed E-state index contributed by atoms with van der Waals surface area (Å²) < 4.78 is 13.2. The molecule has 6 heteroatoms. The van der Waals surface area contributed by atoms with Crippen molar-refractivity contribution in [1.29, 1.82) is 0 Å². The number of thioether (sulfide) groups is 1. The molecule has 2 aromatic carbocycles. The fraction of sp³-hybridized carbons (Fsp3) is 0.417. The summed E-state index contributed by atoms with van der Waals surface area (Å²) in [6.45, 7) is 6.63. The summed E-state index contributed by atoms with van der Waals surface area (Å²) in [5, 5.41) is 2.90. The molecule has 30 heavy (non-hydrogen) atoms. The third-order valence-electron chi connectivity index (χ3n) is 4.69. The SMILES string of the molecule is CC(C)CNC(=O)C(C)N(Cc1ccc(F)cc1)C(=O)CCSCc1ccccc1. The van der Waals surface area contributed by atoms with E-state index in [4.69, 9.17) is 0 Å². The van der Waals surface area contributed by atoms with Gasteiger partial charge in [0.2, 0.25) is 11.8 Å². The van der Waals surface area contributed by atoms with Crippen molar-refractivity contribution in [2.75, 3.05) is 12.3 Å². The van der Waals surface area contributed by atoms with Crippen LogP contribution in [0.15, 0.2) is 54.6 Å². The minimum absolute atomic E-state index is 0.0768. The summed E-state index contributed by atoms with van der Waals surface area (Å²) >= 11 is 1.70. The van der Waals surface area contributed by atoms with Crippen molar-refractivity contribution in [2.24, 2.45) is 5.92 Å². The second-order valence-corrected chi connectivity index (χ2v) is 8.86. The van der Waals surface area contributed by atoms with Gasteiger partial charge in [-0.05, 0) is 36.1 Å². The van der Waals surface area contributed by atoms with Crippen LogP contribution in [0.25, 0.3) is 0 Å². The lowest BCUT2D eigenvalue weighted by Crippen LogP contribution is -2.48. The zero-order valence-electron chi connectivity index (χ0n) is 17.9. The van der Waals surface area contributed by atoms with Gasteiger partial charge in [0.25, 0.3) is 0 Å². The number of carbonyl (C=O) groups excluding carboxylic acids is 2. The van der Waals surface area contributed by atoms with Gasteiger partial charge < -0.3 is 10.2 Å². The Morgan fingerprint density at radius 2 is 1.67 bits per heavy atom. The zero-order chi connectivity index (χ0) is 21.9. The van der Waals surface area contributed by atoms with Crippen LogP contribution >= 0.6 is 11.8 Å². The first-order valence-corrected chi connectivity index (χ1v) is 11.5. The first-order valence-electron chi connectivity index (χ1n) is 10.3. The maximum absolute atomic E-state index is 13.2. The van der Waals surface area contributed by atoms with Crippen molar-refractivity contribution in [1.82, 2.24) is 10.2 Å². The van der Waals surface area contributed by atoms with Crippen LogP contribution in [0.1, 0.15) is 38.3 Å². The van der Waals surface area contributed by atoms with Gasteiger partial charge in [0.05, 0.1) is 0 Å². The number of hydrogen-bond acceptors (Lipinski definition) is 3. The van der Waals surface area contributed by atoms with E-state index >= 15 is 0 Å². The van der Waals surface area contributed by atoms with Crippen molar-refractivity contribution in [2.45, 2.75) is 45.5 Å². The Kier molecular flexibility index (Phi) is 9.87. The predicted molar refractivity (Wildman–Crippen MR) is 121 cm³/mol. The van der Waals surface area contributed by atoms with Crippen LogP contribution in [0.5, 0.6) is 0 Å². The largest absolute Gasteiger partial charge is 0.354 e. The molecule has 1 N–H and O–H groups in total. The molecule has 0 spiro atoms. The third kappa shape index (κ3) is 8.19. The summed E-state index contributed by atoms with van der Waals surface area (Å²) in [7, 11) is 0. The van der Waals surface area contributed by atoms with Crippen LogP contribution in [-0.2, 0) is 21.9 Å². The van der Waals surface area contributed by atoms with Crippen LogP contribution in [0.4, 0.5) is 4.39 Å². The minimum atomic E-state index is -0.597. The standard InChI is InChI=1S/C24H31FN2O2S/c1-18(2)15-26-24(29)19(3)27(16-20-9-11-22(25)12-10-20)23(28)13-14-30-17-21-7-5-4-6-8-21/h4-12,18-19H,13-17H2,1-3H3,(H,26,29). The molecule has 0 radical (unpaired) electrons. The van der Waals surface area contributed by atoms with Crippen LogP contribution in [-0.4, -0.2) is 35.1 Å². The first kappa shape index (κ1) is 23.9. The normalized spacial score (nSPS) is 11.9. The van der Waals surface area contributed by atoms with Crippen molar-refractivity contribution < 1.29 is 14.0 Å². The van der Waals surface area contributed by atoms with E-state index in [2.05, 4.69) is 17.4 Å². The number of rotatable bonds is 11. The Balaban J connectivity index is 1.98. The number of hydrogen-bond donors (Lipinski definition) is 1. The Labute approximate surface area is 183 Å². The summed E-state index contributed by atoms with van der Waals surface area (Å²) in [6.07, 6.45) is 0.348. The van der Waals surface area contributed by atoms with E-state index in [9.17, 15) is 14.0 Å². The Bertz CT molecular complexity index is 797. The van der Waals surface area contributed by atoms with Crippen LogP contribution < -0.4 is 5.32 Å². The summed E-state index contributed by atoms with van der Waals surface area (Å²) in [5.41, 5.74) is 2.02. The molecule has 0 aliphatic heterocycles. The maximum Gasteiger partial charge on any atom is 0.242 e. The lowest BCUT2D eigenvalue weighted by Gasteiger charge is -2.29. The monoisotopic (exact) mass is 430 g/mol. The van der Waals surface area contributed by atoms with Gasteiger partial charge in [0.15, 0.2) is 0 Å². The minimum Gasteiger partial charge on any atom is -0.354 e. The number of halogens is 1. The molecule has 0 aliphatic rings. The highest BCUT2D eigenvalue weighted by atomic mass is 32.2. The third-order valence-corrected chi connectivity index (χ3v) is 5.72. The molecule has 0 aliphatic carbocycles. The molecule has 0 saturated carbocycles. The molecule has 0 heterocycles. The second-order valence-electron chi connectivity index (χ2n) is 7.75. The van der Waals surface area contributed by atoms with Crippen molar-refractivity contribution in [3.63, 3.8) is 0 Å². The van der Waals surface area contributed by atoms with Gasteiger partial charge in [-0.2, -0.15) is 11.8 Å². The van der Waals surface area contributed by atoms with Crippen molar-refractivity contribution in [3.8, 4) is 0 Å². The van der Waals surface area contributed by atoms with Gasteiger partial charge in [0.1, 0.15) is 11.9 Å². The highest BCUT2D eigenvalue weighted by Gasteiger charge is 2.25. The molecule has 2 amide bonds. The van der Waals surface area contributed by atoms with Crippen molar-refractivity contribution >= 4 is 23.6 Å². The highest BCUT2D eigenvalue weighted by molar-refractivity contribution is 7.98. The molecule has 2 aromatic rings. The molecular formula is C24H31FN2O2S. The molecule has 0 saturated heterocycles. The Hall–Kier alpha value is -2.34. The van der Waals surface area contributed by atoms with Crippen molar-refractivity contribution in [3.05, 3.63) is 71.5 Å². The topological polar surface area (TPSA) is 49.4 Å². The fourth-order valence-electron chi connectivity index (χ4n) is 2.89. The second kappa shape index (κ2) is 12.4. The molecule has 2 rings (SSSR count). The van der Waals surface area contributed by atoms with Gasteiger partial charge in [-0.3, -0.25) is 9.59 Å². The van der Waals surface area contributed by atoms with Crippen LogP contribution in [0.3, 0.4) is 0 Å². The molecule has 162 valence electrons. The predicted octanol–water partition coefficient (Wildman–Crippen LogP) is 4.64. The van der Waals surface area contributed by atoms with Gasteiger partial charge in [0, 0.05) is 31.0 Å². The van der Waals surface area contributed by atoms with Gasteiger partial charge in [-0.25, -0.2) is 4.39 Å². The summed E-state index contributed by atoms with van der Waals surface area (Å²) in [4.78, 5) is 27.1. The number of amides is 2. The van der Waals surface area contributed by atoms with Gasteiger partial charge in [-0.1, -0.05) is 56.3 Å². The quantitative estimate of drug-likeness (QED) is 0.529. The van der Waals surface area contributed by atoms with E-state index in [1.807, 2.05) is 32.0 Å². The van der Waals surface area contributed by atoms with E-state index in [-0.39, 0.29) is 24.2 Å². The molecule has 1 unspecified atom stereocenters. The highest BCUT2D eigenvalue weighted by Crippen LogP contribution is 2.16. The maximum atomic E-state index is 13.2. The lowest BCUT2D eigenvalue weighted by atomic mass is 10.1. The smallest absolute Gasteiger partial charge is 0.242 e. The molecular weight excluding hydrogens is 399 g/mol. The lowest BCUT2D eigenvalue weighted by molar-refractivity contribution is -0.140. The fourth-order valence-corrected chi connectivity index (χ4v) is 3.78. The molecule has 0 bridgehead atoms. The van der Waals surface area contributed by atoms with Crippen LogP contribution in [0.2, 0.25) is 0 Å². The van der Waals surface area contributed by atoms with E-state index in [1.165, 1.54) is 17.7 Å². The average molecular weight is 431 g/mol. The molecule has 0 fully saturated rings. The number of nitrogens with zero attached hydrogens (tertiary/aromatic N) is 1. The zero-order valence-corrected chi connectivity index (χ0v) is 18.8. The molecule has 0 aromatic heterocycles. The molecule has 1 atom stereocenters. The number of nitrogens with one attached hydrogen (secondary N) is 1. The molecule has 4 nitrogen and oxygen atoms in total. The van der Waals surface area contributed by atoms with E-state index in [0.717, 1.165) is 11.3 Å². The number of benzene rings is 2. The summed E-state index contributed by atoms with van der Waals surface area (Å²) in [6, 6.07) is 15.6. The summed E-state index contributed by atoms with van der Waals surface area (Å²) in [5.74, 6) is 1.28. The average Bonchev–Trinajstić information content (AvgIpc) is 2.74.